The number of aliphatic imine (C=N–C) groups is 2. The van der Waals surface area contributed by atoms with E-state index in [1.54, 1.807) is 0 Å². The van der Waals surface area contributed by atoms with E-state index >= 15 is 0 Å². The summed E-state index contributed by atoms with van der Waals surface area (Å²) >= 11 is 0. The number of hydrogen-bond donors (Lipinski definition) is 0. The van der Waals surface area contributed by atoms with Gasteiger partial charge in [0.1, 0.15) is 0 Å². The van der Waals surface area contributed by atoms with Gasteiger partial charge in [0, 0.05) is 51.7 Å². The second-order valence-electron chi connectivity index (χ2n) is 8.54. The Morgan fingerprint density at radius 2 is 1.12 bits per heavy atom. The van der Waals surface area contributed by atoms with E-state index in [0.29, 0.717) is 0 Å². The highest BCUT2D eigenvalue weighted by molar-refractivity contribution is 6.00. The highest BCUT2D eigenvalue weighted by atomic mass is 15.2. The van der Waals surface area contributed by atoms with Gasteiger partial charge in [0.15, 0.2) is 0 Å². The highest BCUT2D eigenvalue weighted by Crippen LogP contribution is 2.08. The van der Waals surface area contributed by atoms with E-state index in [9.17, 15) is 0 Å². The summed E-state index contributed by atoms with van der Waals surface area (Å²) in [7, 11) is 0. The quantitative estimate of drug-likeness (QED) is 0.602. The van der Waals surface area contributed by atoms with Gasteiger partial charge < -0.3 is 0 Å². The maximum atomic E-state index is 4.84. The van der Waals surface area contributed by atoms with Gasteiger partial charge in [0.2, 0.25) is 0 Å². The van der Waals surface area contributed by atoms with Crippen LogP contribution in [0.15, 0.2) is 77.0 Å². The van der Waals surface area contributed by atoms with Crippen LogP contribution in [0.3, 0.4) is 0 Å². The smallest absolute Gasteiger partial charge is 0.0845 e. The number of pyridine rings is 3. The van der Waals surface area contributed by atoms with Crippen LogP contribution in [0.5, 0.6) is 0 Å². The summed E-state index contributed by atoms with van der Waals surface area (Å²) in [5.74, 6) is 0. The van der Waals surface area contributed by atoms with Crippen molar-refractivity contribution in [3.63, 3.8) is 0 Å². The summed E-state index contributed by atoms with van der Waals surface area (Å²) in [5.41, 5.74) is 5.89. The first-order chi connectivity index (χ1) is 16.7. The fourth-order valence-corrected chi connectivity index (χ4v) is 3.98. The molecule has 3 aromatic rings. The fourth-order valence-electron chi connectivity index (χ4n) is 3.98. The molecule has 0 N–H and O–H groups in total. The van der Waals surface area contributed by atoms with Crippen molar-refractivity contribution in [1.29, 1.82) is 0 Å². The Bertz CT molecular complexity index is 1010. The van der Waals surface area contributed by atoms with Gasteiger partial charge in [-0.25, -0.2) is 4.98 Å². The van der Waals surface area contributed by atoms with E-state index < -0.39 is 0 Å². The van der Waals surface area contributed by atoms with Crippen molar-refractivity contribution < 1.29 is 0 Å². The van der Waals surface area contributed by atoms with Gasteiger partial charge in [-0.2, -0.15) is 0 Å². The van der Waals surface area contributed by atoms with Crippen molar-refractivity contribution in [2.45, 2.75) is 26.9 Å². The zero-order chi connectivity index (χ0) is 23.6. The van der Waals surface area contributed by atoms with Crippen LogP contribution in [-0.4, -0.2) is 75.4 Å². The van der Waals surface area contributed by atoms with E-state index in [2.05, 4.69) is 31.9 Å². The molecular formula is C27H33N7. The molecule has 0 radical (unpaired) electrons. The van der Waals surface area contributed by atoms with E-state index in [1.807, 2.05) is 68.7 Å². The molecule has 2 bridgehead atoms. The van der Waals surface area contributed by atoms with Crippen LogP contribution in [0, 0.1) is 0 Å². The summed E-state index contributed by atoms with van der Waals surface area (Å²) < 4.78 is 0. The van der Waals surface area contributed by atoms with Gasteiger partial charge in [0.25, 0.3) is 0 Å². The molecule has 0 fully saturated rings. The molecule has 0 atom stereocenters. The Morgan fingerprint density at radius 3 is 1.56 bits per heavy atom. The molecule has 0 saturated carbocycles. The number of fused-ring (bicyclic) bond motifs is 2. The third kappa shape index (κ3) is 7.10. The molecule has 1 aliphatic heterocycles. The van der Waals surface area contributed by atoms with Gasteiger partial charge in [-0.3, -0.25) is 29.8 Å². The van der Waals surface area contributed by atoms with Crippen LogP contribution in [0.2, 0.25) is 0 Å². The lowest BCUT2D eigenvalue weighted by atomic mass is 10.2. The van der Waals surface area contributed by atoms with Crippen molar-refractivity contribution in [2.75, 3.05) is 39.3 Å². The molecule has 3 aromatic heterocycles. The zero-order valence-electron chi connectivity index (χ0n) is 20.1. The molecule has 0 aromatic carbocycles. The van der Waals surface area contributed by atoms with Crippen LogP contribution in [-0.2, 0) is 13.1 Å². The molecule has 4 heterocycles. The van der Waals surface area contributed by atoms with Crippen molar-refractivity contribution >= 4 is 11.4 Å². The van der Waals surface area contributed by atoms with E-state index in [-0.39, 0.29) is 0 Å². The maximum absolute atomic E-state index is 4.84. The first-order valence-electron chi connectivity index (χ1n) is 11.9. The van der Waals surface area contributed by atoms with Gasteiger partial charge in [0.05, 0.1) is 47.3 Å². The van der Waals surface area contributed by atoms with Crippen LogP contribution in [0.25, 0.3) is 0 Å². The van der Waals surface area contributed by atoms with Crippen molar-refractivity contribution in [1.82, 2.24) is 24.8 Å². The van der Waals surface area contributed by atoms with Crippen molar-refractivity contribution in [2.24, 2.45) is 9.98 Å². The molecule has 0 aliphatic carbocycles. The van der Waals surface area contributed by atoms with Crippen LogP contribution in [0.1, 0.15) is 36.6 Å². The van der Waals surface area contributed by atoms with Crippen LogP contribution < -0.4 is 0 Å². The first kappa shape index (κ1) is 23.9. The zero-order valence-corrected chi connectivity index (χ0v) is 20.1. The van der Waals surface area contributed by atoms with Crippen LogP contribution in [0.4, 0.5) is 0 Å². The molecule has 0 saturated heterocycles. The maximum Gasteiger partial charge on any atom is 0.0845 e. The standard InChI is InChI=1S/C27H33N7/c1-22-26-10-7-11-27(32-26)23(2)29-15-17-34(21-25-9-4-6-13-31-25)19-18-33(16-14-28-22)20-24-8-3-5-12-30-24/h3-13H,14-21H2,1-2H3. The minimum absolute atomic E-state index is 0.720. The molecule has 7 heteroatoms. The summed E-state index contributed by atoms with van der Waals surface area (Å²) in [6.45, 7) is 10.7. The number of hydrogen-bond acceptors (Lipinski definition) is 7. The summed E-state index contributed by atoms with van der Waals surface area (Å²) in [6, 6.07) is 18.3. The largest absolute Gasteiger partial charge is 0.294 e. The Labute approximate surface area is 202 Å². The molecular weight excluding hydrogens is 422 g/mol. The third-order valence-electron chi connectivity index (χ3n) is 5.98. The SMILES string of the molecule is CC1=NCCN(Cc2ccccn2)CCN(Cc2ccccn2)CCN=C(C)c2cccc1n2. The second kappa shape index (κ2) is 12.3. The fraction of sp³-hybridized carbons (Fsp3) is 0.370. The second-order valence-corrected chi connectivity index (χ2v) is 8.54. The Hall–Kier alpha value is -3.29. The van der Waals surface area contributed by atoms with Gasteiger partial charge in [-0.15, -0.1) is 0 Å². The summed E-state index contributed by atoms with van der Waals surface area (Å²) in [4.78, 5) is 28.4. The van der Waals surface area contributed by atoms with E-state index in [1.165, 1.54) is 0 Å². The van der Waals surface area contributed by atoms with Gasteiger partial charge in [-0.05, 0) is 50.2 Å². The van der Waals surface area contributed by atoms with Gasteiger partial charge in [-0.1, -0.05) is 18.2 Å². The van der Waals surface area contributed by atoms with E-state index in [4.69, 9.17) is 15.0 Å². The molecule has 1 aliphatic rings. The minimum Gasteiger partial charge on any atom is -0.294 e. The normalized spacial score (nSPS) is 16.8. The molecule has 176 valence electrons. The molecule has 0 amide bonds. The first-order valence-corrected chi connectivity index (χ1v) is 11.9. The number of nitrogens with zero attached hydrogens (tertiary/aromatic N) is 7. The summed E-state index contributed by atoms with van der Waals surface area (Å²) in [5, 5.41) is 0. The molecule has 7 nitrogen and oxygen atoms in total. The predicted octanol–water partition coefficient (Wildman–Crippen LogP) is 3.51. The minimum atomic E-state index is 0.720. The summed E-state index contributed by atoms with van der Waals surface area (Å²) in [6.07, 6.45) is 3.72. The molecule has 0 spiro atoms. The van der Waals surface area contributed by atoms with Crippen molar-refractivity contribution in [3.05, 3.63) is 89.8 Å². The predicted molar refractivity (Wildman–Crippen MR) is 137 cm³/mol. The van der Waals surface area contributed by atoms with Gasteiger partial charge >= 0.3 is 0 Å². The lowest BCUT2D eigenvalue weighted by Crippen LogP contribution is -2.37. The average molecular weight is 456 g/mol. The number of rotatable bonds is 4. The highest BCUT2D eigenvalue weighted by Gasteiger charge is 2.13. The van der Waals surface area contributed by atoms with Crippen LogP contribution >= 0.6 is 0 Å². The third-order valence-corrected chi connectivity index (χ3v) is 5.98. The molecule has 4 rings (SSSR count). The molecule has 34 heavy (non-hydrogen) atoms. The van der Waals surface area contributed by atoms with Crippen molar-refractivity contribution in [3.8, 4) is 0 Å². The van der Waals surface area contributed by atoms with E-state index in [0.717, 1.165) is 86.6 Å². The Morgan fingerprint density at radius 1 is 0.618 bits per heavy atom. The average Bonchev–Trinajstić information content (AvgIpc) is 2.87. The molecule has 0 unspecified atom stereocenters. The monoisotopic (exact) mass is 455 g/mol. The Balaban J connectivity index is 1.57. The topological polar surface area (TPSA) is 69.9 Å². The Kier molecular flexibility index (Phi) is 8.60. The lowest BCUT2D eigenvalue weighted by molar-refractivity contribution is 0.197. The lowest BCUT2D eigenvalue weighted by Gasteiger charge is -2.27. The number of aromatic nitrogens is 3.